The van der Waals surface area contributed by atoms with Crippen LogP contribution in [-0.4, -0.2) is 47.8 Å². The van der Waals surface area contributed by atoms with Crippen LogP contribution in [0.15, 0.2) is 24.3 Å². The highest BCUT2D eigenvalue weighted by Gasteiger charge is 2.49. The van der Waals surface area contributed by atoms with Crippen LogP contribution in [0.3, 0.4) is 0 Å². The van der Waals surface area contributed by atoms with Gasteiger partial charge in [0, 0.05) is 13.6 Å². The Labute approximate surface area is 146 Å². The number of carbonyl (C=O) groups is 3. The van der Waals surface area contributed by atoms with E-state index < -0.39 is 17.5 Å². The number of nitriles is 1. The second kappa shape index (κ2) is 6.20. The monoisotopic (exact) mass is 340 g/mol. The van der Waals surface area contributed by atoms with E-state index in [0.717, 1.165) is 17.7 Å². The molecule has 7 heteroatoms. The molecule has 1 aliphatic heterocycles. The fourth-order valence-corrected chi connectivity index (χ4v) is 2.96. The second-order valence-corrected chi connectivity index (χ2v) is 6.85. The summed E-state index contributed by atoms with van der Waals surface area (Å²) in [7, 11) is 1.69. The van der Waals surface area contributed by atoms with Crippen LogP contribution in [0.4, 0.5) is 4.79 Å². The fraction of sp³-hybridized carbons (Fsp3) is 0.444. The van der Waals surface area contributed by atoms with Crippen LogP contribution >= 0.6 is 0 Å². The van der Waals surface area contributed by atoms with Gasteiger partial charge in [-0.1, -0.05) is 12.1 Å². The molecule has 2 aliphatic rings. The first-order chi connectivity index (χ1) is 11.8. The number of urea groups is 1. The molecule has 1 aromatic rings. The van der Waals surface area contributed by atoms with E-state index in [0.29, 0.717) is 23.6 Å². The maximum absolute atomic E-state index is 12.8. The van der Waals surface area contributed by atoms with Crippen LogP contribution in [0.5, 0.6) is 0 Å². The largest absolute Gasteiger partial charge is 0.344 e. The highest BCUT2D eigenvalue weighted by molar-refractivity contribution is 6.09. The lowest BCUT2D eigenvalue weighted by Gasteiger charge is -2.23. The maximum Gasteiger partial charge on any atom is 0.325 e. The molecule has 2 fully saturated rings. The summed E-state index contributed by atoms with van der Waals surface area (Å²) in [6, 6.07) is 7.90. The SMILES string of the molecule is CN(CC1CC1)C(=O)CN1C(=O)N[C@](C)(c2ccc(C#N)cc2)C1=O. The molecule has 4 amide bonds. The molecule has 0 bridgehead atoms. The van der Waals surface area contributed by atoms with Gasteiger partial charge in [-0.2, -0.15) is 5.26 Å². The number of nitrogens with zero attached hydrogens (tertiary/aromatic N) is 3. The second-order valence-electron chi connectivity index (χ2n) is 6.85. The predicted octanol–water partition coefficient (Wildman–Crippen LogP) is 1.19. The third kappa shape index (κ3) is 3.20. The fourth-order valence-electron chi connectivity index (χ4n) is 2.96. The Morgan fingerprint density at radius 1 is 1.36 bits per heavy atom. The molecule has 7 nitrogen and oxygen atoms in total. The van der Waals surface area contributed by atoms with E-state index >= 15 is 0 Å². The number of imide groups is 1. The molecule has 1 N–H and O–H groups in total. The first-order valence-electron chi connectivity index (χ1n) is 8.24. The Morgan fingerprint density at radius 2 is 2.00 bits per heavy atom. The quantitative estimate of drug-likeness (QED) is 0.815. The molecule has 0 spiro atoms. The maximum atomic E-state index is 12.8. The Bertz CT molecular complexity index is 764. The standard InChI is InChI=1S/C18H20N4O3/c1-18(14-7-5-12(9-19)6-8-14)16(24)22(17(25)20-18)11-15(23)21(2)10-13-3-4-13/h5-8,13H,3-4,10-11H2,1-2H3,(H,20,25)/t18-/m1/s1. The molecule has 1 aliphatic carbocycles. The summed E-state index contributed by atoms with van der Waals surface area (Å²) >= 11 is 0. The van der Waals surface area contributed by atoms with Crippen LogP contribution in [0.2, 0.25) is 0 Å². The van der Waals surface area contributed by atoms with Gasteiger partial charge in [0.05, 0.1) is 11.6 Å². The third-order valence-corrected chi connectivity index (χ3v) is 4.81. The van der Waals surface area contributed by atoms with Crippen molar-refractivity contribution in [3.63, 3.8) is 0 Å². The van der Waals surface area contributed by atoms with E-state index in [4.69, 9.17) is 5.26 Å². The lowest BCUT2D eigenvalue weighted by molar-refractivity contribution is -0.138. The summed E-state index contributed by atoms with van der Waals surface area (Å²) in [6.07, 6.45) is 2.25. The van der Waals surface area contributed by atoms with Crippen LogP contribution in [0.25, 0.3) is 0 Å². The van der Waals surface area contributed by atoms with Crippen molar-refractivity contribution >= 4 is 17.8 Å². The first-order valence-corrected chi connectivity index (χ1v) is 8.24. The number of hydrogen-bond acceptors (Lipinski definition) is 4. The van der Waals surface area contributed by atoms with Gasteiger partial charge in [0.15, 0.2) is 0 Å². The predicted molar refractivity (Wildman–Crippen MR) is 89.1 cm³/mol. The molecule has 0 aromatic heterocycles. The molecule has 1 heterocycles. The minimum atomic E-state index is -1.24. The lowest BCUT2D eigenvalue weighted by Crippen LogP contribution is -2.44. The van der Waals surface area contributed by atoms with Gasteiger partial charge < -0.3 is 10.2 Å². The number of benzene rings is 1. The van der Waals surface area contributed by atoms with Crippen molar-refractivity contribution in [1.82, 2.24) is 15.1 Å². The Kier molecular flexibility index (Phi) is 4.21. The molecule has 0 unspecified atom stereocenters. The topological polar surface area (TPSA) is 93.5 Å². The van der Waals surface area contributed by atoms with Crippen LogP contribution < -0.4 is 5.32 Å². The van der Waals surface area contributed by atoms with Gasteiger partial charge in [-0.05, 0) is 43.4 Å². The number of carbonyl (C=O) groups excluding carboxylic acids is 3. The molecule has 130 valence electrons. The van der Waals surface area contributed by atoms with Crippen molar-refractivity contribution < 1.29 is 14.4 Å². The average molecular weight is 340 g/mol. The van der Waals surface area contributed by atoms with E-state index in [-0.39, 0.29) is 12.5 Å². The van der Waals surface area contributed by atoms with Crippen molar-refractivity contribution in [2.24, 2.45) is 5.92 Å². The Hall–Kier alpha value is -2.88. The average Bonchev–Trinajstić information content (AvgIpc) is 3.38. The molecular formula is C18H20N4O3. The lowest BCUT2D eigenvalue weighted by atomic mass is 9.91. The van der Waals surface area contributed by atoms with Gasteiger partial charge in [-0.15, -0.1) is 0 Å². The number of nitrogens with one attached hydrogen (secondary N) is 1. The van der Waals surface area contributed by atoms with E-state index in [1.165, 1.54) is 0 Å². The van der Waals surface area contributed by atoms with Crippen molar-refractivity contribution in [2.45, 2.75) is 25.3 Å². The van der Waals surface area contributed by atoms with Crippen LogP contribution in [-0.2, 0) is 15.1 Å². The Morgan fingerprint density at radius 3 is 2.56 bits per heavy atom. The number of rotatable bonds is 5. The molecule has 1 saturated heterocycles. The molecule has 25 heavy (non-hydrogen) atoms. The summed E-state index contributed by atoms with van der Waals surface area (Å²) in [4.78, 5) is 39.9. The normalized spacial score (nSPS) is 22.5. The smallest absolute Gasteiger partial charge is 0.325 e. The van der Waals surface area contributed by atoms with Crippen molar-refractivity contribution in [2.75, 3.05) is 20.1 Å². The zero-order valence-corrected chi connectivity index (χ0v) is 14.3. The zero-order valence-electron chi connectivity index (χ0n) is 14.3. The van der Waals surface area contributed by atoms with Gasteiger partial charge >= 0.3 is 6.03 Å². The van der Waals surface area contributed by atoms with Gasteiger partial charge in [0.1, 0.15) is 12.1 Å². The van der Waals surface area contributed by atoms with E-state index in [1.54, 1.807) is 43.1 Å². The molecule has 1 aromatic carbocycles. The van der Waals surface area contributed by atoms with Gasteiger partial charge in [0.2, 0.25) is 5.91 Å². The van der Waals surface area contributed by atoms with Crippen molar-refractivity contribution in [3.8, 4) is 6.07 Å². The highest BCUT2D eigenvalue weighted by Crippen LogP contribution is 2.30. The number of likely N-dealkylation sites (N-methyl/N-ethyl adjacent to an activating group) is 1. The molecular weight excluding hydrogens is 320 g/mol. The minimum Gasteiger partial charge on any atom is -0.344 e. The summed E-state index contributed by atoms with van der Waals surface area (Å²) in [5.41, 5.74) is -0.190. The van der Waals surface area contributed by atoms with Gasteiger partial charge in [-0.3, -0.25) is 14.5 Å². The molecule has 0 radical (unpaired) electrons. The van der Waals surface area contributed by atoms with Gasteiger partial charge in [-0.25, -0.2) is 4.79 Å². The minimum absolute atomic E-state index is 0.250. The number of hydrogen-bond donors (Lipinski definition) is 1. The van der Waals surface area contributed by atoms with Crippen LogP contribution in [0.1, 0.15) is 30.9 Å². The summed E-state index contributed by atoms with van der Waals surface area (Å²) in [5, 5.41) is 11.5. The van der Waals surface area contributed by atoms with E-state index in [1.807, 2.05) is 6.07 Å². The molecule has 1 atom stereocenters. The highest BCUT2D eigenvalue weighted by atomic mass is 16.2. The van der Waals surface area contributed by atoms with Crippen LogP contribution in [0, 0.1) is 17.2 Å². The van der Waals surface area contributed by atoms with Gasteiger partial charge in [0.25, 0.3) is 5.91 Å². The zero-order chi connectivity index (χ0) is 18.2. The van der Waals surface area contributed by atoms with Crippen molar-refractivity contribution in [3.05, 3.63) is 35.4 Å². The van der Waals surface area contributed by atoms with E-state index in [2.05, 4.69) is 5.32 Å². The summed E-state index contributed by atoms with van der Waals surface area (Å²) in [5.74, 6) is -0.171. The summed E-state index contributed by atoms with van der Waals surface area (Å²) in [6.45, 7) is 2.00. The first kappa shape index (κ1) is 17.0. The third-order valence-electron chi connectivity index (χ3n) is 4.81. The number of amides is 4. The Balaban J connectivity index is 1.74. The molecule has 3 rings (SSSR count). The van der Waals surface area contributed by atoms with E-state index in [9.17, 15) is 14.4 Å². The summed E-state index contributed by atoms with van der Waals surface area (Å²) < 4.78 is 0. The van der Waals surface area contributed by atoms with Crippen molar-refractivity contribution in [1.29, 1.82) is 5.26 Å². The molecule has 1 saturated carbocycles.